The van der Waals surface area contributed by atoms with Crippen LogP contribution in [-0.2, 0) is 22.5 Å². The Labute approximate surface area is 240 Å². The number of carbonyl (C=O) groups is 1. The molecule has 1 aliphatic rings. The summed E-state index contributed by atoms with van der Waals surface area (Å²) >= 11 is 0. The molecule has 10 heteroatoms. The maximum atomic E-state index is 13.9. The molecule has 2 atom stereocenters. The molecule has 218 valence electrons. The summed E-state index contributed by atoms with van der Waals surface area (Å²) in [6.07, 6.45) is 0.340. The number of hydrogen-bond donors (Lipinski definition) is 3. The Kier molecular flexibility index (Phi) is 10.0. The third kappa shape index (κ3) is 6.90. The minimum atomic E-state index is -1.23. The first-order chi connectivity index (χ1) is 19.9. The molecule has 1 heterocycles. The van der Waals surface area contributed by atoms with Crippen molar-refractivity contribution in [3.8, 4) is 23.0 Å². The summed E-state index contributed by atoms with van der Waals surface area (Å²) in [5, 5.41) is 8.97. The number of aliphatic hydroxyl groups is 1. The van der Waals surface area contributed by atoms with Crippen LogP contribution in [-0.4, -0.2) is 63.1 Å². The van der Waals surface area contributed by atoms with Crippen LogP contribution in [0, 0.1) is 0 Å². The van der Waals surface area contributed by atoms with Gasteiger partial charge in [0.1, 0.15) is 29.1 Å². The number of methoxy groups -OCH3 is 3. The van der Waals surface area contributed by atoms with Crippen LogP contribution in [0.15, 0.2) is 71.7 Å². The van der Waals surface area contributed by atoms with Crippen molar-refractivity contribution >= 4 is 11.8 Å². The summed E-state index contributed by atoms with van der Waals surface area (Å²) in [4.78, 5) is 18.8. The van der Waals surface area contributed by atoms with E-state index in [1.165, 1.54) is 0 Å². The van der Waals surface area contributed by atoms with Gasteiger partial charge in [0.15, 0.2) is 5.54 Å². The van der Waals surface area contributed by atoms with Gasteiger partial charge in [0, 0.05) is 43.7 Å². The molecule has 0 fully saturated rings. The largest absolute Gasteiger partial charge is 0.496 e. The highest BCUT2D eigenvalue weighted by molar-refractivity contribution is 6.00. The molecule has 0 aromatic heterocycles. The summed E-state index contributed by atoms with van der Waals surface area (Å²) in [5.74, 6) is 2.43. The molecule has 0 saturated heterocycles. The van der Waals surface area contributed by atoms with Gasteiger partial charge in [0.05, 0.1) is 33.5 Å². The van der Waals surface area contributed by atoms with Crippen molar-refractivity contribution in [2.45, 2.75) is 38.0 Å². The van der Waals surface area contributed by atoms with E-state index in [2.05, 4.69) is 10.9 Å². The third-order valence-corrected chi connectivity index (χ3v) is 6.93. The Balaban J connectivity index is 1.56. The van der Waals surface area contributed by atoms with E-state index in [0.29, 0.717) is 48.3 Å². The molecule has 41 heavy (non-hydrogen) atoms. The van der Waals surface area contributed by atoms with Crippen LogP contribution in [0.25, 0.3) is 0 Å². The van der Waals surface area contributed by atoms with E-state index in [9.17, 15) is 4.79 Å². The molecule has 3 aromatic rings. The molecule has 3 aromatic carbocycles. The van der Waals surface area contributed by atoms with E-state index in [-0.39, 0.29) is 19.1 Å². The number of ether oxygens (including phenoxy) is 5. The van der Waals surface area contributed by atoms with Crippen LogP contribution in [0.1, 0.15) is 30.0 Å². The highest BCUT2D eigenvalue weighted by Crippen LogP contribution is 2.35. The van der Waals surface area contributed by atoms with Crippen LogP contribution in [0.3, 0.4) is 0 Å². The first kappa shape index (κ1) is 29.7. The fourth-order valence-electron chi connectivity index (χ4n) is 4.62. The molecule has 0 aliphatic carbocycles. The average molecular weight is 564 g/mol. The standard InChI is InChI=1S/C31H37N3O7/c1-21-31(19-22-9-6-5-7-10-22,33-29(41-21)23-11-13-24(14-12-23)40-16-8-15-35)30(36)34-32-20-26-27(38-3)17-25(37-2)18-28(26)39-4/h5-7,9-14,17-18,21,32,35H,8,15-16,19-20H2,1-4H3,(H,34,36)/t21-,31-/m0/s1. The van der Waals surface area contributed by atoms with Gasteiger partial charge in [-0.25, -0.2) is 10.4 Å². The second-order valence-corrected chi connectivity index (χ2v) is 9.53. The SMILES string of the molecule is COc1cc(OC)c(CNNC(=O)[C@@]2(Cc3ccccc3)N=C(c3ccc(OCCCO)cc3)O[C@H]2C)c(OC)c1. The normalized spacial score (nSPS) is 17.8. The molecule has 10 nitrogen and oxygen atoms in total. The molecule has 0 spiro atoms. The number of amides is 1. The first-order valence-corrected chi connectivity index (χ1v) is 13.4. The van der Waals surface area contributed by atoms with E-state index < -0.39 is 11.6 Å². The van der Waals surface area contributed by atoms with Crippen molar-refractivity contribution in [3.05, 3.63) is 83.4 Å². The van der Waals surface area contributed by atoms with Crippen molar-refractivity contribution in [2.24, 2.45) is 4.99 Å². The Morgan fingerprint density at radius 3 is 2.27 bits per heavy atom. The van der Waals surface area contributed by atoms with E-state index in [1.807, 2.05) is 61.5 Å². The molecule has 1 amide bonds. The van der Waals surface area contributed by atoms with Gasteiger partial charge in [0.25, 0.3) is 5.91 Å². The molecular formula is C31H37N3O7. The van der Waals surface area contributed by atoms with Crippen LogP contribution >= 0.6 is 0 Å². The number of nitrogens with one attached hydrogen (secondary N) is 2. The van der Waals surface area contributed by atoms with Crippen molar-refractivity contribution < 1.29 is 33.6 Å². The number of hydrogen-bond acceptors (Lipinski definition) is 9. The maximum Gasteiger partial charge on any atom is 0.266 e. The topological polar surface area (TPSA) is 120 Å². The van der Waals surface area contributed by atoms with E-state index in [0.717, 1.165) is 16.7 Å². The van der Waals surface area contributed by atoms with Crippen LogP contribution in [0.2, 0.25) is 0 Å². The first-order valence-electron chi connectivity index (χ1n) is 13.4. The Bertz CT molecular complexity index is 1310. The Hall–Kier alpha value is -4.28. The lowest BCUT2D eigenvalue weighted by Crippen LogP contribution is -2.55. The zero-order chi connectivity index (χ0) is 29.2. The fourth-order valence-corrected chi connectivity index (χ4v) is 4.62. The minimum Gasteiger partial charge on any atom is -0.496 e. The van der Waals surface area contributed by atoms with Gasteiger partial charge in [-0.15, -0.1) is 0 Å². The molecule has 1 aliphatic heterocycles. The van der Waals surface area contributed by atoms with Crippen LogP contribution < -0.4 is 29.8 Å². The number of carbonyl (C=O) groups excluding carboxylic acids is 1. The fraction of sp³-hybridized carbons (Fsp3) is 0.355. The van der Waals surface area contributed by atoms with Crippen molar-refractivity contribution in [1.29, 1.82) is 0 Å². The summed E-state index contributed by atoms with van der Waals surface area (Å²) < 4.78 is 28.2. The molecule has 0 radical (unpaired) electrons. The molecule has 0 saturated carbocycles. The van der Waals surface area contributed by atoms with Crippen molar-refractivity contribution in [2.75, 3.05) is 34.5 Å². The quantitative estimate of drug-likeness (QED) is 0.202. The summed E-state index contributed by atoms with van der Waals surface area (Å²) in [5.41, 5.74) is 7.04. The molecule has 0 unspecified atom stereocenters. The summed E-state index contributed by atoms with van der Waals surface area (Å²) in [6, 6.07) is 20.6. The average Bonchev–Trinajstić information content (AvgIpc) is 3.34. The number of aliphatic imine (C=N–C) groups is 1. The van der Waals surface area contributed by atoms with Gasteiger partial charge in [-0.3, -0.25) is 10.2 Å². The smallest absolute Gasteiger partial charge is 0.266 e. The highest BCUT2D eigenvalue weighted by Gasteiger charge is 2.50. The second kappa shape index (κ2) is 13.9. The van der Waals surface area contributed by atoms with Gasteiger partial charge >= 0.3 is 0 Å². The zero-order valence-electron chi connectivity index (χ0n) is 23.8. The van der Waals surface area contributed by atoms with Gasteiger partial charge in [0.2, 0.25) is 5.90 Å². The van der Waals surface area contributed by atoms with Gasteiger partial charge in [-0.05, 0) is 36.8 Å². The zero-order valence-corrected chi connectivity index (χ0v) is 23.8. The number of rotatable bonds is 14. The predicted molar refractivity (Wildman–Crippen MR) is 155 cm³/mol. The lowest BCUT2D eigenvalue weighted by molar-refractivity contribution is -0.129. The monoisotopic (exact) mass is 563 g/mol. The number of nitrogens with zero attached hydrogens (tertiary/aromatic N) is 1. The summed E-state index contributed by atoms with van der Waals surface area (Å²) in [6.45, 7) is 2.57. The third-order valence-electron chi connectivity index (χ3n) is 6.93. The molecular weight excluding hydrogens is 526 g/mol. The lowest BCUT2D eigenvalue weighted by Gasteiger charge is -2.28. The van der Waals surface area contributed by atoms with E-state index in [4.69, 9.17) is 33.8 Å². The van der Waals surface area contributed by atoms with E-state index >= 15 is 0 Å². The Morgan fingerprint density at radius 1 is 0.976 bits per heavy atom. The molecule has 3 N–H and O–H groups in total. The van der Waals surface area contributed by atoms with E-state index in [1.54, 1.807) is 33.5 Å². The number of aliphatic hydroxyl groups excluding tert-OH is 1. The van der Waals surface area contributed by atoms with Gasteiger partial charge in [-0.2, -0.15) is 0 Å². The van der Waals surface area contributed by atoms with Crippen molar-refractivity contribution in [3.63, 3.8) is 0 Å². The second-order valence-electron chi connectivity index (χ2n) is 9.53. The van der Waals surface area contributed by atoms with Crippen LogP contribution in [0.5, 0.6) is 23.0 Å². The molecule has 0 bridgehead atoms. The van der Waals surface area contributed by atoms with Gasteiger partial charge < -0.3 is 28.8 Å². The van der Waals surface area contributed by atoms with Crippen molar-refractivity contribution in [1.82, 2.24) is 10.9 Å². The van der Waals surface area contributed by atoms with Gasteiger partial charge in [-0.1, -0.05) is 30.3 Å². The summed E-state index contributed by atoms with van der Waals surface area (Å²) in [7, 11) is 4.69. The Morgan fingerprint density at radius 2 is 1.66 bits per heavy atom. The van der Waals surface area contributed by atoms with Crippen LogP contribution in [0.4, 0.5) is 0 Å². The lowest BCUT2D eigenvalue weighted by atomic mass is 9.86. The number of benzene rings is 3. The number of hydrazine groups is 1. The minimum absolute atomic E-state index is 0.0716. The molecule has 4 rings (SSSR count). The predicted octanol–water partition coefficient (Wildman–Crippen LogP) is 3.44. The highest BCUT2D eigenvalue weighted by atomic mass is 16.5. The maximum absolute atomic E-state index is 13.9.